The molecule has 0 aromatic carbocycles. The quantitative estimate of drug-likeness (QED) is 0.856. The molecular weight excluding hydrogens is 319 g/mol. The fraction of sp³-hybridized carbons (Fsp3) is 0.562. The Labute approximate surface area is 138 Å². The summed E-state index contributed by atoms with van der Waals surface area (Å²) in [5.74, 6) is 1.82. The van der Waals surface area contributed by atoms with Crippen molar-refractivity contribution in [3.8, 4) is 0 Å². The van der Waals surface area contributed by atoms with E-state index < -0.39 is 11.9 Å². The number of aromatic nitrogens is 4. The Hall–Kier alpha value is -2.12. The Bertz CT molecular complexity index is 695. The van der Waals surface area contributed by atoms with Crippen LogP contribution in [-0.4, -0.2) is 32.8 Å². The van der Waals surface area contributed by atoms with Gasteiger partial charge in [-0.2, -0.15) is 18.3 Å². The molecule has 0 spiro atoms. The van der Waals surface area contributed by atoms with Crippen molar-refractivity contribution >= 4 is 5.82 Å². The lowest BCUT2D eigenvalue weighted by atomic mass is 10.1. The molecule has 1 fully saturated rings. The van der Waals surface area contributed by atoms with Gasteiger partial charge in [-0.25, -0.2) is 9.97 Å². The maximum Gasteiger partial charge on any atom is 0.435 e. The molecule has 130 valence electrons. The van der Waals surface area contributed by atoms with Gasteiger partial charge < -0.3 is 4.90 Å². The van der Waals surface area contributed by atoms with Crippen LogP contribution in [0.1, 0.15) is 50.2 Å². The molecule has 8 heteroatoms. The zero-order valence-corrected chi connectivity index (χ0v) is 13.7. The summed E-state index contributed by atoms with van der Waals surface area (Å²) >= 11 is 0. The molecule has 0 radical (unpaired) electrons. The highest BCUT2D eigenvalue weighted by Crippen LogP contribution is 2.30. The molecule has 24 heavy (non-hydrogen) atoms. The molecule has 5 nitrogen and oxygen atoms in total. The third kappa shape index (κ3) is 3.52. The number of anilines is 1. The van der Waals surface area contributed by atoms with E-state index in [9.17, 15) is 13.2 Å². The van der Waals surface area contributed by atoms with Crippen molar-refractivity contribution in [1.29, 1.82) is 0 Å². The van der Waals surface area contributed by atoms with Crippen LogP contribution in [0, 0.1) is 0 Å². The van der Waals surface area contributed by atoms with Gasteiger partial charge in [-0.3, -0.25) is 4.68 Å². The summed E-state index contributed by atoms with van der Waals surface area (Å²) < 4.78 is 39.6. The standard InChI is InChI=1S/C16H20F3N5/c1-11(2)15-20-7-5-14(21-15)23-8-3-4-12(10-23)24-9-6-13(22-24)16(17,18)19/h5-7,9,11-12H,3-4,8,10H2,1-2H3. The highest BCUT2D eigenvalue weighted by Gasteiger charge is 2.34. The zero-order chi connectivity index (χ0) is 17.3. The van der Waals surface area contributed by atoms with Gasteiger partial charge in [0.25, 0.3) is 0 Å². The van der Waals surface area contributed by atoms with E-state index in [1.165, 1.54) is 10.9 Å². The van der Waals surface area contributed by atoms with Crippen molar-refractivity contribution < 1.29 is 13.2 Å². The minimum absolute atomic E-state index is 0.0904. The van der Waals surface area contributed by atoms with Crippen LogP contribution in [-0.2, 0) is 6.18 Å². The van der Waals surface area contributed by atoms with Crippen molar-refractivity contribution in [1.82, 2.24) is 19.7 Å². The summed E-state index contributed by atoms with van der Waals surface area (Å²) in [6, 6.07) is 2.78. The molecule has 1 atom stereocenters. The lowest BCUT2D eigenvalue weighted by Crippen LogP contribution is -2.37. The molecule has 3 heterocycles. The van der Waals surface area contributed by atoms with E-state index >= 15 is 0 Å². The van der Waals surface area contributed by atoms with Gasteiger partial charge in [0.15, 0.2) is 5.69 Å². The largest absolute Gasteiger partial charge is 0.435 e. The summed E-state index contributed by atoms with van der Waals surface area (Å²) in [5, 5.41) is 3.71. The number of hydrogen-bond acceptors (Lipinski definition) is 4. The fourth-order valence-electron chi connectivity index (χ4n) is 2.89. The second-order valence-corrected chi connectivity index (χ2v) is 6.35. The van der Waals surface area contributed by atoms with Crippen LogP contribution in [0.2, 0.25) is 0 Å². The first kappa shape index (κ1) is 16.7. The van der Waals surface area contributed by atoms with Crippen molar-refractivity contribution in [2.24, 2.45) is 0 Å². The first-order valence-corrected chi connectivity index (χ1v) is 8.05. The van der Waals surface area contributed by atoms with E-state index in [4.69, 9.17) is 0 Å². The summed E-state index contributed by atoms with van der Waals surface area (Å²) in [7, 11) is 0. The number of alkyl halides is 3. The van der Waals surface area contributed by atoms with Crippen LogP contribution >= 0.6 is 0 Å². The monoisotopic (exact) mass is 339 g/mol. The Balaban J connectivity index is 1.77. The summed E-state index contributed by atoms with van der Waals surface area (Å²) in [4.78, 5) is 10.9. The first-order valence-electron chi connectivity index (χ1n) is 8.05. The number of hydrogen-bond donors (Lipinski definition) is 0. The second kappa shape index (κ2) is 6.41. The SMILES string of the molecule is CC(C)c1nccc(N2CCCC(n3ccc(C(F)(F)F)n3)C2)n1. The molecule has 1 unspecified atom stereocenters. The molecule has 2 aromatic heterocycles. The van der Waals surface area contributed by atoms with E-state index in [0.717, 1.165) is 37.1 Å². The fourth-order valence-corrected chi connectivity index (χ4v) is 2.89. The van der Waals surface area contributed by atoms with Gasteiger partial charge in [-0.05, 0) is 25.0 Å². The predicted octanol–water partition coefficient (Wildman–Crippen LogP) is 3.66. The van der Waals surface area contributed by atoms with Crippen LogP contribution in [0.4, 0.5) is 19.0 Å². The third-order valence-electron chi connectivity index (χ3n) is 4.17. The molecule has 1 aliphatic rings. The van der Waals surface area contributed by atoms with Crippen molar-refractivity contribution in [2.45, 2.75) is 44.8 Å². The van der Waals surface area contributed by atoms with Gasteiger partial charge in [-0.15, -0.1) is 0 Å². The van der Waals surface area contributed by atoms with E-state index in [2.05, 4.69) is 20.0 Å². The van der Waals surface area contributed by atoms with Gasteiger partial charge in [0.1, 0.15) is 11.6 Å². The predicted molar refractivity (Wildman–Crippen MR) is 83.8 cm³/mol. The van der Waals surface area contributed by atoms with Gasteiger partial charge in [-0.1, -0.05) is 13.8 Å². The molecule has 3 rings (SSSR count). The summed E-state index contributed by atoms with van der Waals surface area (Å²) in [6.07, 6.45) is 0.427. The maximum absolute atomic E-state index is 12.7. The molecule has 0 bridgehead atoms. The van der Waals surface area contributed by atoms with E-state index in [-0.39, 0.29) is 12.0 Å². The van der Waals surface area contributed by atoms with Gasteiger partial charge in [0.2, 0.25) is 0 Å². The number of piperidine rings is 1. The molecule has 1 saturated heterocycles. The first-order chi connectivity index (χ1) is 11.3. The molecule has 0 aliphatic carbocycles. The average molecular weight is 339 g/mol. The molecule has 2 aromatic rings. The lowest BCUT2D eigenvalue weighted by Gasteiger charge is -2.33. The highest BCUT2D eigenvalue weighted by molar-refractivity contribution is 5.38. The Morgan fingerprint density at radius 2 is 2.04 bits per heavy atom. The summed E-state index contributed by atoms with van der Waals surface area (Å²) in [6.45, 7) is 5.48. The van der Waals surface area contributed by atoms with Crippen LogP contribution in [0.25, 0.3) is 0 Å². The third-order valence-corrected chi connectivity index (χ3v) is 4.17. The van der Waals surface area contributed by atoms with Crippen molar-refractivity contribution in [2.75, 3.05) is 18.0 Å². The Kier molecular flexibility index (Phi) is 4.47. The Morgan fingerprint density at radius 3 is 2.71 bits per heavy atom. The van der Waals surface area contributed by atoms with Crippen LogP contribution in [0.3, 0.4) is 0 Å². The zero-order valence-electron chi connectivity index (χ0n) is 13.7. The number of rotatable bonds is 3. The molecule has 0 amide bonds. The summed E-state index contributed by atoms with van der Waals surface area (Å²) in [5.41, 5.74) is -0.844. The molecule has 1 aliphatic heterocycles. The van der Waals surface area contributed by atoms with E-state index in [0.29, 0.717) is 6.54 Å². The van der Waals surface area contributed by atoms with Crippen molar-refractivity contribution in [3.63, 3.8) is 0 Å². The smallest absolute Gasteiger partial charge is 0.354 e. The minimum Gasteiger partial charge on any atom is -0.354 e. The van der Waals surface area contributed by atoms with Crippen LogP contribution < -0.4 is 4.90 Å². The Morgan fingerprint density at radius 1 is 1.25 bits per heavy atom. The molecular formula is C16H20F3N5. The minimum atomic E-state index is -4.40. The average Bonchev–Trinajstić information content (AvgIpc) is 3.05. The lowest BCUT2D eigenvalue weighted by molar-refractivity contribution is -0.141. The number of halogens is 3. The van der Waals surface area contributed by atoms with Crippen LogP contribution in [0.15, 0.2) is 24.5 Å². The second-order valence-electron chi connectivity index (χ2n) is 6.35. The highest BCUT2D eigenvalue weighted by atomic mass is 19.4. The van der Waals surface area contributed by atoms with Crippen LogP contribution in [0.5, 0.6) is 0 Å². The van der Waals surface area contributed by atoms with Crippen molar-refractivity contribution in [3.05, 3.63) is 36.0 Å². The van der Waals surface area contributed by atoms with Gasteiger partial charge in [0, 0.05) is 31.4 Å². The number of nitrogens with zero attached hydrogens (tertiary/aromatic N) is 5. The maximum atomic E-state index is 12.7. The normalized spacial score (nSPS) is 19.1. The molecule has 0 N–H and O–H groups in total. The van der Waals surface area contributed by atoms with Gasteiger partial charge >= 0.3 is 6.18 Å². The molecule has 0 saturated carbocycles. The van der Waals surface area contributed by atoms with Gasteiger partial charge in [0.05, 0.1) is 6.04 Å². The van der Waals surface area contributed by atoms with E-state index in [1.54, 1.807) is 6.20 Å². The topological polar surface area (TPSA) is 46.8 Å². The van der Waals surface area contributed by atoms with E-state index in [1.807, 2.05) is 19.9 Å².